The van der Waals surface area contributed by atoms with E-state index in [0.29, 0.717) is 11.5 Å². The van der Waals surface area contributed by atoms with Gasteiger partial charge in [0.05, 0.1) is 0 Å². The fourth-order valence-corrected chi connectivity index (χ4v) is 2.80. The summed E-state index contributed by atoms with van der Waals surface area (Å²) in [5.74, 6) is -0.145. The summed E-state index contributed by atoms with van der Waals surface area (Å²) < 4.78 is 0.936. The first-order chi connectivity index (χ1) is 13.3. The SMILES string of the molecule is Cc1ccc(NC(=O)NC(=O)C(C)n2nnc(-c3ccc(Br)cc3)n2)c(C)c1. The molecule has 0 saturated carbocycles. The second-order valence-corrected chi connectivity index (χ2v) is 7.29. The van der Waals surface area contributed by atoms with Crippen LogP contribution in [0.3, 0.4) is 0 Å². The molecule has 0 aliphatic heterocycles. The predicted molar refractivity (Wildman–Crippen MR) is 109 cm³/mol. The number of benzene rings is 2. The van der Waals surface area contributed by atoms with Crippen LogP contribution in [-0.2, 0) is 4.79 Å². The Kier molecular flexibility index (Phi) is 5.84. The molecule has 8 nitrogen and oxygen atoms in total. The zero-order valence-electron chi connectivity index (χ0n) is 15.6. The van der Waals surface area contributed by atoms with E-state index in [1.54, 1.807) is 13.0 Å². The molecule has 1 heterocycles. The highest BCUT2D eigenvalue weighted by Gasteiger charge is 2.21. The van der Waals surface area contributed by atoms with Gasteiger partial charge in [-0.15, -0.1) is 10.2 Å². The minimum Gasteiger partial charge on any atom is -0.307 e. The molecule has 3 rings (SSSR count). The van der Waals surface area contributed by atoms with Gasteiger partial charge < -0.3 is 5.32 Å². The van der Waals surface area contributed by atoms with Crippen LogP contribution in [0.4, 0.5) is 10.5 Å². The number of halogens is 1. The Bertz CT molecular complexity index is 1020. The van der Waals surface area contributed by atoms with E-state index in [1.807, 2.05) is 50.2 Å². The smallest absolute Gasteiger partial charge is 0.307 e. The molecule has 3 aromatic rings. The van der Waals surface area contributed by atoms with Crippen molar-refractivity contribution in [2.75, 3.05) is 5.32 Å². The molecule has 9 heteroatoms. The van der Waals surface area contributed by atoms with Gasteiger partial charge in [0, 0.05) is 15.7 Å². The van der Waals surface area contributed by atoms with Crippen LogP contribution in [0.25, 0.3) is 11.4 Å². The number of hydrogen-bond donors (Lipinski definition) is 2. The van der Waals surface area contributed by atoms with E-state index < -0.39 is 18.0 Å². The number of hydrogen-bond acceptors (Lipinski definition) is 5. The Hall–Kier alpha value is -3.07. The van der Waals surface area contributed by atoms with Crippen molar-refractivity contribution in [3.05, 3.63) is 58.1 Å². The normalized spacial score (nSPS) is 11.7. The van der Waals surface area contributed by atoms with E-state index in [-0.39, 0.29) is 0 Å². The Morgan fingerprint density at radius 2 is 1.82 bits per heavy atom. The number of aryl methyl sites for hydroxylation is 2. The molecule has 1 unspecified atom stereocenters. The number of rotatable bonds is 4. The van der Waals surface area contributed by atoms with E-state index in [4.69, 9.17) is 0 Å². The second-order valence-electron chi connectivity index (χ2n) is 6.38. The third kappa shape index (κ3) is 4.61. The molecule has 0 aliphatic carbocycles. The Morgan fingerprint density at radius 1 is 1.11 bits per heavy atom. The average Bonchev–Trinajstić information content (AvgIpc) is 3.14. The lowest BCUT2D eigenvalue weighted by Crippen LogP contribution is -2.39. The van der Waals surface area contributed by atoms with E-state index in [0.717, 1.165) is 21.2 Å². The van der Waals surface area contributed by atoms with Crippen LogP contribution in [0, 0.1) is 13.8 Å². The molecule has 2 aromatic carbocycles. The third-order valence-electron chi connectivity index (χ3n) is 4.12. The van der Waals surface area contributed by atoms with Gasteiger partial charge in [0.2, 0.25) is 5.82 Å². The van der Waals surface area contributed by atoms with Crippen molar-refractivity contribution < 1.29 is 9.59 Å². The molecule has 1 atom stereocenters. The Labute approximate surface area is 170 Å². The van der Waals surface area contributed by atoms with E-state index in [2.05, 4.69) is 42.0 Å². The monoisotopic (exact) mass is 442 g/mol. The van der Waals surface area contributed by atoms with Gasteiger partial charge >= 0.3 is 6.03 Å². The second kappa shape index (κ2) is 8.30. The summed E-state index contributed by atoms with van der Waals surface area (Å²) in [6.07, 6.45) is 0. The molecule has 2 N–H and O–H groups in total. The molecule has 1 aromatic heterocycles. The summed E-state index contributed by atoms with van der Waals surface area (Å²) in [6, 6.07) is 11.6. The first kappa shape index (κ1) is 19.7. The number of anilines is 1. The standard InChI is InChI=1S/C19H19BrN6O2/c1-11-4-9-16(12(2)10-11)21-19(28)22-18(27)13(3)26-24-17(23-25-26)14-5-7-15(20)8-6-14/h4-10,13H,1-3H3,(H2,21,22,27,28). The van der Waals surface area contributed by atoms with Gasteiger partial charge in [0.1, 0.15) is 6.04 Å². The van der Waals surface area contributed by atoms with Gasteiger partial charge in [0.15, 0.2) is 0 Å². The first-order valence-electron chi connectivity index (χ1n) is 8.58. The summed E-state index contributed by atoms with van der Waals surface area (Å²) in [4.78, 5) is 25.7. The topological polar surface area (TPSA) is 102 Å². The predicted octanol–water partition coefficient (Wildman–Crippen LogP) is 3.63. The molecule has 144 valence electrons. The van der Waals surface area contributed by atoms with Crippen molar-refractivity contribution in [1.29, 1.82) is 0 Å². The Balaban J connectivity index is 1.64. The summed E-state index contributed by atoms with van der Waals surface area (Å²) in [6.45, 7) is 5.44. The maximum absolute atomic E-state index is 12.4. The molecule has 0 aliphatic rings. The number of amides is 3. The number of nitrogens with one attached hydrogen (secondary N) is 2. The highest BCUT2D eigenvalue weighted by Crippen LogP contribution is 2.18. The van der Waals surface area contributed by atoms with Crippen LogP contribution in [0.2, 0.25) is 0 Å². The first-order valence-corrected chi connectivity index (χ1v) is 9.37. The molecule has 3 amide bonds. The number of carbonyl (C=O) groups is 2. The van der Waals surface area contributed by atoms with Crippen LogP contribution >= 0.6 is 15.9 Å². The van der Waals surface area contributed by atoms with Crippen molar-refractivity contribution in [2.24, 2.45) is 0 Å². The average molecular weight is 443 g/mol. The van der Waals surface area contributed by atoms with E-state index in [1.165, 1.54) is 4.80 Å². The van der Waals surface area contributed by atoms with Gasteiger partial charge in [-0.3, -0.25) is 10.1 Å². The zero-order chi connectivity index (χ0) is 20.3. The number of carbonyl (C=O) groups excluding carboxylic acids is 2. The van der Waals surface area contributed by atoms with Gasteiger partial charge in [-0.2, -0.15) is 4.80 Å². The summed E-state index contributed by atoms with van der Waals surface area (Å²) in [5.41, 5.74) is 3.41. The fourth-order valence-electron chi connectivity index (χ4n) is 2.53. The summed E-state index contributed by atoms with van der Waals surface area (Å²) in [7, 11) is 0. The summed E-state index contributed by atoms with van der Waals surface area (Å²) in [5, 5.41) is 17.1. The maximum atomic E-state index is 12.4. The van der Waals surface area contributed by atoms with Gasteiger partial charge in [-0.25, -0.2) is 4.79 Å². The van der Waals surface area contributed by atoms with Crippen LogP contribution in [0.1, 0.15) is 24.1 Å². The fraction of sp³-hybridized carbons (Fsp3) is 0.211. The third-order valence-corrected chi connectivity index (χ3v) is 4.65. The maximum Gasteiger partial charge on any atom is 0.325 e. The van der Waals surface area contributed by atoms with Crippen molar-refractivity contribution in [2.45, 2.75) is 26.8 Å². The lowest BCUT2D eigenvalue weighted by molar-refractivity contribution is -0.123. The van der Waals surface area contributed by atoms with E-state index >= 15 is 0 Å². The van der Waals surface area contributed by atoms with Crippen LogP contribution < -0.4 is 10.6 Å². The lowest BCUT2D eigenvalue weighted by atomic mass is 10.1. The highest BCUT2D eigenvalue weighted by molar-refractivity contribution is 9.10. The number of urea groups is 1. The number of imide groups is 1. The van der Waals surface area contributed by atoms with Crippen LogP contribution in [0.5, 0.6) is 0 Å². The minimum atomic E-state index is -0.804. The van der Waals surface area contributed by atoms with Gasteiger partial charge in [0.25, 0.3) is 5.91 Å². The Morgan fingerprint density at radius 3 is 2.50 bits per heavy atom. The molecular formula is C19H19BrN6O2. The van der Waals surface area contributed by atoms with Crippen LogP contribution in [-0.4, -0.2) is 32.1 Å². The van der Waals surface area contributed by atoms with Gasteiger partial charge in [-0.05, 0) is 61.9 Å². The molecule has 28 heavy (non-hydrogen) atoms. The molecule has 0 bridgehead atoms. The molecule has 0 fully saturated rings. The molecule has 0 saturated heterocycles. The molecule has 0 radical (unpaired) electrons. The van der Waals surface area contributed by atoms with Gasteiger partial charge in [-0.1, -0.05) is 33.6 Å². The number of tetrazole rings is 1. The minimum absolute atomic E-state index is 0.395. The highest BCUT2D eigenvalue weighted by atomic mass is 79.9. The number of nitrogens with zero attached hydrogens (tertiary/aromatic N) is 4. The lowest BCUT2D eigenvalue weighted by Gasteiger charge is -2.12. The number of aromatic nitrogens is 4. The molecule has 0 spiro atoms. The van der Waals surface area contributed by atoms with Crippen molar-refractivity contribution in [1.82, 2.24) is 25.5 Å². The van der Waals surface area contributed by atoms with E-state index in [9.17, 15) is 9.59 Å². The molecular weight excluding hydrogens is 424 g/mol. The van der Waals surface area contributed by atoms with Crippen LogP contribution in [0.15, 0.2) is 46.9 Å². The van der Waals surface area contributed by atoms with Crippen molar-refractivity contribution in [3.63, 3.8) is 0 Å². The summed E-state index contributed by atoms with van der Waals surface area (Å²) >= 11 is 3.37. The zero-order valence-corrected chi connectivity index (χ0v) is 17.2. The quantitative estimate of drug-likeness (QED) is 0.641. The largest absolute Gasteiger partial charge is 0.325 e. The van der Waals surface area contributed by atoms with Crippen molar-refractivity contribution in [3.8, 4) is 11.4 Å². The van der Waals surface area contributed by atoms with Crippen molar-refractivity contribution >= 4 is 33.6 Å².